The van der Waals surface area contributed by atoms with Crippen LogP contribution in [-0.2, 0) is 13.0 Å². The van der Waals surface area contributed by atoms with E-state index in [1.807, 2.05) is 6.92 Å². The summed E-state index contributed by atoms with van der Waals surface area (Å²) in [6.45, 7) is 2.01. The maximum absolute atomic E-state index is 14.0. The molecule has 0 aromatic heterocycles. The van der Waals surface area contributed by atoms with Gasteiger partial charge in [-0.15, -0.1) is 0 Å². The molecule has 0 saturated heterocycles. The lowest BCUT2D eigenvalue weighted by Gasteiger charge is -2.14. The first kappa shape index (κ1) is 16.1. The summed E-state index contributed by atoms with van der Waals surface area (Å²) in [5.74, 6) is -0.197. The van der Waals surface area contributed by atoms with Gasteiger partial charge in [0.1, 0.15) is 6.61 Å². The van der Waals surface area contributed by atoms with Crippen LogP contribution in [0.2, 0.25) is 10.0 Å². The van der Waals surface area contributed by atoms with E-state index in [0.717, 1.165) is 5.56 Å². The zero-order chi connectivity index (χ0) is 15.4. The van der Waals surface area contributed by atoms with Crippen LogP contribution in [-0.4, -0.2) is 6.04 Å². The number of ether oxygens (including phenoxy) is 1. The second-order valence-electron chi connectivity index (χ2n) is 4.91. The maximum atomic E-state index is 14.0. The molecule has 5 heteroatoms. The van der Waals surface area contributed by atoms with Crippen LogP contribution in [0.5, 0.6) is 5.75 Å². The molecule has 0 radical (unpaired) electrons. The van der Waals surface area contributed by atoms with Crippen LogP contribution in [0, 0.1) is 5.82 Å². The van der Waals surface area contributed by atoms with Gasteiger partial charge in [-0.3, -0.25) is 0 Å². The summed E-state index contributed by atoms with van der Waals surface area (Å²) >= 11 is 12.0. The molecule has 0 spiro atoms. The largest absolute Gasteiger partial charge is 0.485 e. The monoisotopic (exact) mass is 327 g/mol. The summed E-state index contributed by atoms with van der Waals surface area (Å²) < 4.78 is 19.6. The fourth-order valence-electron chi connectivity index (χ4n) is 2.03. The molecule has 1 unspecified atom stereocenters. The van der Waals surface area contributed by atoms with Crippen LogP contribution >= 0.6 is 23.2 Å². The van der Waals surface area contributed by atoms with E-state index in [9.17, 15) is 4.39 Å². The standard InChI is InChI=1S/C16H16Cl2FNO/c1-10(20)8-11-4-3-7-14(19)16(11)21-9-12-5-2-6-13(17)15(12)18/h2-7,10H,8-9,20H2,1H3. The highest BCUT2D eigenvalue weighted by atomic mass is 35.5. The lowest BCUT2D eigenvalue weighted by molar-refractivity contribution is 0.286. The van der Waals surface area contributed by atoms with E-state index in [1.165, 1.54) is 6.07 Å². The van der Waals surface area contributed by atoms with E-state index < -0.39 is 5.82 Å². The Balaban J connectivity index is 2.21. The van der Waals surface area contributed by atoms with Crippen LogP contribution in [0.15, 0.2) is 36.4 Å². The number of hydrogen-bond donors (Lipinski definition) is 1. The average molecular weight is 328 g/mol. The minimum atomic E-state index is -0.411. The molecule has 2 rings (SSSR count). The Morgan fingerprint density at radius 3 is 2.52 bits per heavy atom. The van der Waals surface area contributed by atoms with Crippen molar-refractivity contribution in [3.8, 4) is 5.75 Å². The van der Waals surface area contributed by atoms with Crippen molar-refractivity contribution >= 4 is 23.2 Å². The number of nitrogens with two attached hydrogens (primary N) is 1. The predicted molar refractivity (Wildman–Crippen MR) is 84.5 cm³/mol. The van der Waals surface area contributed by atoms with Crippen molar-refractivity contribution in [2.45, 2.75) is 26.0 Å². The first-order chi connectivity index (χ1) is 9.99. The van der Waals surface area contributed by atoms with Crippen molar-refractivity contribution in [2.75, 3.05) is 0 Å². The molecule has 112 valence electrons. The molecular formula is C16H16Cl2FNO. The van der Waals surface area contributed by atoms with Gasteiger partial charge in [0.05, 0.1) is 10.0 Å². The molecule has 0 aliphatic carbocycles. The Hall–Kier alpha value is -1.29. The molecule has 0 heterocycles. The lowest BCUT2D eigenvalue weighted by atomic mass is 10.1. The maximum Gasteiger partial charge on any atom is 0.165 e. The quantitative estimate of drug-likeness (QED) is 0.870. The highest BCUT2D eigenvalue weighted by Gasteiger charge is 2.13. The van der Waals surface area contributed by atoms with E-state index in [1.54, 1.807) is 30.3 Å². The predicted octanol–water partition coefficient (Wildman–Crippen LogP) is 4.60. The molecular weight excluding hydrogens is 312 g/mol. The first-order valence-corrected chi connectivity index (χ1v) is 7.33. The fraction of sp³-hybridized carbons (Fsp3) is 0.250. The molecule has 0 fully saturated rings. The van der Waals surface area contributed by atoms with E-state index in [-0.39, 0.29) is 18.4 Å². The van der Waals surface area contributed by atoms with Crippen molar-refractivity contribution in [1.29, 1.82) is 0 Å². The van der Waals surface area contributed by atoms with Crippen molar-refractivity contribution in [3.63, 3.8) is 0 Å². The van der Waals surface area contributed by atoms with Gasteiger partial charge in [-0.1, -0.05) is 47.5 Å². The van der Waals surface area contributed by atoms with Gasteiger partial charge in [-0.05, 0) is 31.0 Å². The third-order valence-electron chi connectivity index (χ3n) is 2.99. The lowest BCUT2D eigenvalue weighted by Crippen LogP contribution is -2.18. The summed E-state index contributed by atoms with van der Waals surface area (Å²) in [7, 11) is 0. The Bertz CT molecular complexity index is 632. The molecule has 0 aliphatic heterocycles. The molecule has 0 amide bonds. The third kappa shape index (κ3) is 4.10. The Kier molecular flexibility index (Phi) is 5.45. The number of rotatable bonds is 5. The van der Waals surface area contributed by atoms with Gasteiger partial charge in [0.15, 0.2) is 11.6 Å². The first-order valence-electron chi connectivity index (χ1n) is 6.57. The molecule has 1 atom stereocenters. The molecule has 2 N–H and O–H groups in total. The minimum Gasteiger partial charge on any atom is -0.485 e. The summed E-state index contributed by atoms with van der Waals surface area (Å²) in [6, 6.07) is 9.99. The average Bonchev–Trinajstić information content (AvgIpc) is 2.42. The van der Waals surface area contributed by atoms with E-state index in [0.29, 0.717) is 22.0 Å². The van der Waals surface area contributed by atoms with Crippen molar-refractivity contribution in [3.05, 3.63) is 63.4 Å². The third-order valence-corrected chi connectivity index (χ3v) is 3.85. The van der Waals surface area contributed by atoms with Crippen LogP contribution in [0.4, 0.5) is 4.39 Å². The van der Waals surface area contributed by atoms with Crippen LogP contribution in [0.3, 0.4) is 0 Å². The molecule has 0 aliphatic rings. The highest BCUT2D eigenvalue weighted by Crippen LogP contribution is 2.29. The van der Waals surface area contributed by atoms with E-state index in [4.69, 9.17) is 33.7 Å². The smallest absolute Gasteiger partial charge is 0.165 e. The summed E-state index contributed by atoms with van der Waals surface area (Å²) in [6.07, 6.45) is 0.538. The molecule has 21 heavy (non-hydrogen) atoms. The number of hydrogen-bond acceptors (Lipinski definition) is 2. The van der Waals surface area contributed by atoms with Gasteiger partial charge >= 0.3 is 0 Å². The normalized spacial score (nSPS) is 12.2. The fourth-order valence-corrected chi connectivity index (χ4v) is 2.41. The SMILES string of the molecule is CC(N)Cc1cccc(F)c1OCc1cccc(Cl)c1Cl. The van der Waals surface area contributed by atoms with Crippen molar-refractivity contribution in [2.24, 2.45) is 5.73 Å². The van der Waals surface area contributed by atoms with Gasteiger partial charge < -0.3 is 10.5 Å². The van der Waals surface area contributed by atoms with Crippen LogP contribution in [0.25, 0.3) is 0 Å². The zero-order valence-electron chi connectivity index (χ0n) is 11.6. The zero-order valence-corrected chi connectivity index (χ0v) is 13.1. The number of benzene rings is 2. The molecule has 0 bridgehead atoms. The van der Waals surface area contributed by atoms with Gasteiger partial charge in [0, 0.05) is 11.6 Å². The second kappa shape index (κ2) is 7.12. The molecule has 2 aromatic carbocycles. The second-order valence-corrected chi connectivity index (χ2v) is 5.70. The van der Waals surface area contributed by atoms with E-state index in [2.05, 4.69) is 0 Å². The van der Waals surface area contributed by atoms with Gasteiger partial charge in [0.2, 0.25) is 0 Å². The molecule has 0 saturated carbocycles. The molecule has 2 aromatic rings. The number of para-hydroxylation sites is 1. The summed E-state index contributed by atoms with van der Waals surface area (Å²) in [5, 5.41) is 0.867. The summed E-state index contributed by atoms with van der Waals surface area (Å²) in [5.41, 5.74) is 7.22. The molecule has 2 nitrogen and oxygen atoms in total. The van der Waals surface area contributed by atoms with Crippen LogP contribution < -0.4 is 10.5 Å². The van der Waals surface area contributed by atoms with Gasteiger partial charge in [0.25, 0.3) is 0 Å². The van der Waals surface area contributed by atoms with Gasteiger partial charge in [-0.2, -0.15) is 0 Å². The summed E-state index contributed by atoms with van der Waals surface area (Å²) in [4.78, 5) is 0. The Morgan fingerprint density at radius 2 is 1.81 bits per heavy atom. The highest BCUT2D eigenvalue weighted by molar-refractivity contribution is 6.42. The Morgan fingerprint density at radius 1 is 1.14 bits per heavy atom. The minimum absolute atomic E-state index is 0.0797. The van der Waals surface area contributed by atoms with E-state index >= 15 is 0 Å². The van der Waals surface area contributed by atoms with Crippen LogP contribution in [0.1, 0.15) is 18.1 Å². The Labute approximate surface area is 133 Å². The van der Waals surface area contributed by atoms with Crippen molar-refractivity contribution in [1.82, 2.24) is 0 Å². The van der Waals surface area contributed by atoms with Crippen molar-refractivity contribution < 1.29 is 9.13 Å². The topological polar surface area (TPSA) is 35.2 Å². The number of halogens is 3. The van der Waals surface area contributed by atoms with Gasteiger partial charge in [-0.25, -0.2) is 4.39 Å².